The molecule has 0 saturated carbocycles. The lowest BCUT2D eigenvalue weighted by atomic mass is 9.88. The minimum Gasteiger partial charge on any atom is -0.497 e. The normalized spacial score (nSPS) is 15.9. The van der Waals surface area contributed by atoms with Gasteiger partial charge in [-0.3, -0.25) is 9.59 Å². The Morgan fingerprint density at radius 1 is 1.19 bits per heavy atom. The fourth-order valence-electron chi connectivity index (χ4n) is 3.21. The predicted molar refractivity (Wildman–Crippen MR) is 102 cm³/mol. The van der Waals surface area contributed by atoms with E-state index in [0.29, 0.717) is 33.5 Å². The highest BCUT2D eigenvalue weighted by atomic mass is 32.1. The number of nitrogens with one attached hydrogen (secondary N) is 1. The number of anilines is 1. The monoisotopic (exact) mass is 374 g/mol. The highest BCUT2D eigenvalue weighted by molar-refractivity contribution is 7.17. The first kappa shape index (κ1) is 18.3. The Bertz CT molecular complexity index is 837. The first-order valence-electron chi connectivity index (χ1n) is 8.41. The number of ether oxygens (including phenoxy) is 2. The molecule has 0 radical (unpaired) electrons. The third-order valence-corrected chi connectivity index (χ3v) is 5.77. The number of amides is 2. The van der Waals surface area contributed by atoms with Gasteiger partial charge in [-0.2, -0.15) is 0 Å². The molecule has 0 spiro atoms. The molecular formula is C19H22N2O4S. The summed E-state index contributed by atoms with van der Waals surface area (Å²) in [5, 5.41) is 3.37. The Kier molecular flexibility index (Phi) is 5.18. The predicted octanol–water partition coefficient (Wildman–Crippen LogP) is 3.24. The molecule has 1 atom stereocenters. The fraction of sp³-hybridized carbons (Fsp3) is 0.368. The average Bonchev–Trinajstić information content (AvgIpc) is 2.97. The van der Waals surface area contributed by atoms with Gasteiger partial charge in [0.1, 0.15) is 16.5 Å². The summed E-state index contributed by atoms with van der Waals surface area (Å²) in [6.45, 7) is 2.19. The molecule has 0 fully saturated rings. The van der Waals surface area contributed by atoms with Crippen molar-refractivity contribution in [3.63, 3.8) is 0 Å². The molecule has 6 nitrogen and oxygen atoms in total. The Hall–Kier alpha value is -2.54. The van der Waals surface area contributed by atoms with Gasteiger partial charge in [-0.15, -0.1) is 11.3 Å². The number of thiophene rings is 1. The summed E-state index contributed by atoms with van der Waals surface area (Å²) >= 11 is 1.44. The molecule has 1 aliphatic rings. The molecule has 0 aliphatic heterocycles. The Labute approximate surface area is 156 Å². The van der Waals surface area contributed by atoms with Crippen LogP contribution in [0.3, 0.4) is 0 Å². The van der Waals surface area contributed by atoms with Crippen molar-refractivity contribution < 1.29 is 19.1 Å². The zero-order valence-corrected chi connectivity index (χ0v) is 15.9. The highest BCUT2D eigenvalue weighted by Gasteiger charge is 2.27. The lowest BCUT2D eigenvalue weighted by molar-refractivity contribution is 0.1000. The second-order valence-electron chi connectivity index (χ2n) is 6.48. The number of rotatable bonds is 5. The van der Waals surface area contributed by atoms with Gasteiger partial charge < -0.3 is 20.5 Å². The number of methoxy groups -OCH3 is 2. The van der Waals surface area contributed by atoms with Gasteiger partial charge in [-0.1, -0.05) is 6.92 Å². The number of primary amides is 1. The van der Waals surface area contributed by atoms with Crippen LogP contribution in [0.25, 0.3) is 0 Å². The van der Waals surface area contributed by atoms with Gasteiger partial charge in [0.2, 0.25) is 0 Å². The van der Waals surface area contributed by atoms with Crippen LogP contribution in [0.4, 0.5) is 5.00 Å². The topological polar surface area (TPSA) is 90.7 Å². The average molecular weight is 374 g/mol. The number of carbonyl (C=O) groups is 2. The van der Waals surface area contributed by atoms with Crippen LogP contribution in [0, 0.1) is 5.92 Å². The zero-order valence-electron chi connectivity index (χ0n) is 15.0. The third-order valence-electron chi connectivity index (χ3n) is 4.60. The summed E-state index contributed by atoms with van der Waals surface area (Å²) in [4.78, 5) is 25.9. The molecule has 3 N–H and O–H groups in total. The number of fused-ring (bicyclic) bond motifs is 1. The maximum atomic E-state index is 12.7. The Morgan fingerprint density at radius 3 is 2.42 bits per heavy atom. The summed E-state index contributed by atoms with van der Waals surface area (Å²) in [7, 11) is 3.05. The molecule has 2 amide bonds. The van der Waals surface area contributed by atoms with E-state index in [0.717, 1.165) is 29.7 Å². The maximum absolute atomic E-state index is 12.7. The van der Waals surface area contributed by atoms with Gasteiger partial charge in [0, 0.05) is 16.5 Å². The van der Waals surface area contributed by atoms with Gasteiger partial charge in [0.25, 0.3) is 11.8 Å². The van der Waals surface area contributed by atoms with Crippen molar-refractivity contribution in [2.75, 3.05) is 19.5 Å². The van der Waals surface area contributed by atoms with Crippen LogP contribution in [0.1, 0.15) is 44.5 Å². The lowest BCUT2D eigenvalue weighted by Gasteiger charge is -2.18. The molecule has 1 aromatic heterocycles. The van der Waals surface area contributed by atoms with E-state index in [1.807, 2.05) is 0 Å². The van der Waals surface area contributed by atoms with Crippen LogP contribution in [0.2, 0.25) is 0 Å². The molecule has 138 valence electrons. The van der Waals surface area contributed by atoms with E-state index >= 15 is 0 Å². The molecule has 0 unspecified atom stereocenters. The van der Waals surface area contributed by atoms with Crippen molar-refractivity contribution in [1.82, 2.24) is 0 Å². The van der Waals surface area contributed by atoms with E-state index in [9.17, 15) is 9.59 Å². The van der Waals surface area contributed by atoms with E-state index in [-0.39, 0.29) is 5.91 Å². The van der Waals surface area contributed by atoms with Crippen molar-refractivity contribution in [3.8, 4) is 11.5 Å². The van der Waals surface area contributed by atoms with Crippen LogP contribution < -0.4 is 20.5 Å². The number of carbonyl (C=O) groups excluding carboxylic acids is 2. The van der Waals surface area contributed by atoms with Gasteiger partial charge in [0.15, 0.2) is 0 Å². The zero-order chi connectivity index (χ0) is 18.8. The van der Waals surface area contributed by atoms with Crippen LogP contribution in [0.5, 0.6) is 11.5 Å². The number of hydrogen-bond acceptors (Lipinski definition) is 5. The number of hydrogen-bond donors (Lipinski definition) is 2. The minimum atomic E-state index is -0.504. The molecule has 26 heavy (non-hydrogen) atoms. The highest BCUT2D eigenvalue weighted by Crippen LogP contribution is 2.39. The summed E-state index contributed by atoms with van der Waals surface area (Å²) in [6.07, 6.45) is 2.74. The smallest absolute Gasteiger partial charge is 0.256 e. The van der Waals surface area contributed by atoms with E-state index in [1.54, 1.807) is 18.2 Å². The molecule has 0 saturated heterocycles. The summed E-state index contributed by atoms with van der Waals surface area (Å²) in [5.74, 6) is 0.757. The summed E-state index contributed by atoms with van der Waals surface area (Å²) in [6, 6.07) is 4.94. The van der Waals surface area contributed by atoms with E-state index in [1.165, 1.54) is 25.6 Å². The fourth-order valence-corrected chi connectivity index (χ4v) is 4.62. The molecule has 1 heterocycles. The van der Waals surface area contributed by atoms with E-state index in [2.05, 4.69) is 12.2 Å². The second-order valence-corrected chi connectivity index (χ2v) is 7.58. The van der Waals surface area contributed by atoms with Gasteiger partial charge in [-0.25, -0.2) is 0 Å². The molecule has 2 aromatic rings. The number of nitrogens with two attached hydrogens (primary N) is 1. The standard InChI is InChI=1S/C19H22N2O4S/c1-10-4-5-14-15(6-10)26-19(16(14)17(20)22)21-18(23)11-7-12(24-2)9-13(8-11)25-3/h7-10H,4-6H2,1-3H3,(H2,20,22)(H,21,23)/t10-/m1/s1. The third kappa shape index (κ3) is 3.53. The Morgan fingerprint density at radius 2 is 1.85 bits per heavy atom. The molecule has 3 rings (SSSR count). The number of benzene rings is 1. The van der Waals surface area contributed by atoms with Crippen molar-refractivity contribution in [1.29, 1.82) is 0 Å². The maximum Gasteiger partial charge on any atom is 0.256 e. The minimum absolute atomic E-state index is 0.337. The molecular weight excluding hydrogens is 352 g/mol. The van der Waals surface area contributed by atoms with Crippen molar-refractivity contribution >= 4 is 28.2 Å². The van der Waals surface area contributed by atoms with Crippen molar-refractivity contribution in [3.05, 3.63) is 39.8 Å². The molecule has 0 bridgehead atoms. The van der Waals surface area contributed by atoms with Crippen molar-refractivity contribution in [2.45, 2.75) is 26.2 Å². The van der Waals surface area contributed by atoms with Crippen LogP contribution in [-0.4, -0.2) is 26.0 Å². The SMILES string of the molecule is COc1cc(OC)cc(C(=O)Nc2sc3c(c2C(N)=O)CC[C@@H](C)C3)c1. The first-order chi connectivity index (χ1) is 12.4. The van der Waals surface area contributed by atoms with Gasteiger partial charge in [0.05, 0.1) is 19.8 Å². The summed E-state index contributed by atoms with van der Waals surface area (Å²) in [5.41, 5.74) is 7.42. The second kappa shape index (κ2) is 7.37. The lowest BCUT2D eigenvalue weighted by Crippen LogP contribution is -2.19. The van der Waals surface area contributed by atoms with E-state index < -0.39 is 5.91 Å². The molecule has 1 aromatic carbocycles. The van der Waals surface area contributed by atoms with Crippen LogP contribution in [0.15, 0.2) is 18.2 Å². The molecule has 1 aliphatic carbocycles. The largest absolute Gasteiger partial charge is 0.497 e. The quantitative estimate of drug-likeness (QED) is 0.840. The Balaban J connectivity index is 1.94. The van der Waals surface area contributed by atoms with Crippen LogP contribution in [-0.2, 0) is 12.8 Å². The van der Waals surface area contributed by atoms with E-state index in [4.69, 9.17) is 15.2 Å². The van der Waals surface area contributed by atoms with Gasteiger partial charge >= 0.3 is 0 Å². The van der Waals surface area contributed by atoms with Gasteiger partial charge in [-0.05, 0) is 42.9 Å². The summed E-state index contributed by atoms with van der Waals surface area (Å²) < 4.78 is 10.4. The van der Waals surface area contributed by atoms with Crippen LogP contribution >= 0.6 is 11.3 Å². The van der Waals surface area contributed by atoms with Crippen molar-refractivity contribution in [2.24, 2.45) is 11.7 Å². The molecule has 7 heteroatoms. The first-order valence-corrected chi connectivity index (χ1v) is 9.23.